The van der Waals surface area contributed by atoms with Crippen LogP contribution in [0.3, 0.4) is 0 Å². The van der Waals surface area contributed by atoms with Crippen molar-refractivity contribution in [3.63, 3.8) is 0 Å². The third kappa shape index (κ3) is 4.35. The van der Waals surface area contributed by atoms with Crippen LogP contribution in [0.5, 0.6) is 5.75 Å². The van der Waals surface area contributed by atoms with Gasteiger partial charge in [0.25, 0.3) is 0 Å². The molecule has 0 aliphatic heterocycles. The van der Waals surface area contributed by atoms with Crippen molar-refractivity contribution in [1.29, 1.82) is 0 Å². The third-order valence-corrected chi connectivity index (χ3v) is 2.38. The second-order valence-electron chi connectivity index (χ2n) is 3.96. The van der Waals surface area contributed by atoms with E-state index in [0.29, 0.717) is 18.1 Å². The molecular weight excluding hydrogens is 243 g/mol. The summed E-state index contributed by atoms with van der Waals surface area (Å²) in [4.78, 5) is 0. The van der Waals surface area contributed by atoms with E-state index < -0.39 is 0 Å². The number of para-hydroxylation sites is 1. The quantitative estimate of drug-likeness (QED) is 0.780. The van der Waals surface area contributed by atoms with Gasteiger partial charge in [0, 0.05) is 0 Å². The molecule has 0 aliphatic carbocycles. The van der Waals surface area contributed by atoms with E-state index in [4.69, 9.17) is 4.74 Å². The molecule has 0 aromatic heterocycles. The average Bonchev–Trinajstić information content (AvgIpc) is 2.45. The van der Waals surface area contributed by atoms with Gasteiger partial charge in [-0.25, -0.2) is 4.39 Å². The molecule has 0 saturated heterocycles. The molecular formula is C15H15FN2O. The fraction of sp³-hybridized carbons (Fsp3) is 0.0667. The summed E-state index contributed by atoms with van der Waals surface area (Å²) in [5, 5.41) is 0. The first kappa shape index (κ1) is 13.0. The van der Waals surface area contributed by atoms with Gasteiger partial charge >= 0.3 is 0 Å². The van der Waals surface area contributed by atoms with Crippen LogP contribution in [-0.2, 0) is 0 Å². The number of nitrogens with one attached hydrogen (secondary N) is 2. The minimum absolute atomic E-state index is 0.282. The molecule has 2 N–H and O–H groups in total. The van der Waals surface area contributed by atoms with Crippen LogP contribution in [0.1, 0.15) is 0 Å². The molecule has 0 fully saturated rings. The first-order valence-electron chi connectivity index (χ1n) is 5.87. The number of rotatable bonds is 6. The van der Waals surface area contributed by atoms with E-state index in [0.717, 1.165) is 5.69 Å². The highest BCUT2D eigenvalue weighted by Crippen LogP contribution is 2.11. The number of benzene rings is 2. The maximum Gasteiger partial charge on any atom is 0.129 e. The fourth-order valence-corrected chi connectivity index (χ4v) is 1.42. The van der Waals surface area contributed by atoms with Crippen LogP contribution >= 0.6 is 0 Å². The third-order valence-electron chi connectivity index (χ3n) is 2.38. The fourth-order valence-electron chi connectivity index (χ4n) is 1.42. The summed E-state index contributed by atoms with van der Waals surface area (Å²) in [6.07, 6.45) is 0. The Morgan fingerprint density at radius 1 is 1.05 bits per heavy atom. The van der Waals surface area contributed by atoms with Crippen molar-refractivity contribution in [2.45, 2.75) is 0 Å². The van der Waals surface area contributed by atoms with Gasteiger partial charge in [-0.2, -0.15) is 0 Å². The van der Waals surface area contributed by atoms with Crippen LogP contribution in [0, 0.1) is 5.82 Å². The Balaban J connectivity index is 1.74. The van der Waals surface area contributed by atoms with E-state index >= 15 is 0 Å². The van der Waals surface area contributed by atoms with Gasteiger partial charge in [0.05, 0.1) is 11.4 Å². The van der Waals surface area contributed by atoms with Gasteiger partial charge in [0.15, 0.2) is 0 Å². The Morgan fingerprint density at radius 3 is 2.42 bits per heavy atom. The molecule has 0 unspecified atom stereocenters. The van der Waals surface area contributed by atoms with Crippen LogP contribution in [-0.4, -0.2) is 6.61 Å². The Morgan fingerprint density at radius 2 is 1.74 bits per heavy atom. The van der Waals surface area contributed by atoms with Crippen molar-refractivity contribution in [3.05, 3.63) is 72.7 Å². The highest BCUT2D eigenvalue weighted by Gasteiger charge is 1.97. The van der Waals surface area contributed by atoms with Crippen molar-refractivity contribution in [2.75, 3.05) is 12.0 Å². The average molecular weight is 258 g/mol. The van der Waals surface area contributed by atoms with Crippen LogP contribution in [0.4, 0.5) is 10.1 Å². The van der Waals surface area contributed by atoms with Gasteiger partial charge in [-0.3, -0.25) is 0 Å². The number of hydrazine groups is 1. The maximum atomic E-state index is 12.7. The van der Waals surface area contributed by atoms with E-state index in [-0.39, 0.29) is 5.82 Å². The second kappa shape index (κ2) is 6.44. The molecule has 4 heteroatoms. The van der Waals surface area contributed by atoms with Gasteiger partial charge < -0.3 is 15.6 Å². The molecule has 0 amide bonds. The molecule has 0 spiro atoms. The molecule has 0 saturated carbocycles. The molecule has 0 bridgehead atoms. The largest absolute Gasteiger partial charge is 0.487 e. The SMILES string of the molecule is C=C(COc1ccc(F)cc1)NNc1ccccc1. The molecule has 2 aromatic rings. The number of halogens is 1. The van der Waals surface area contributed by atoms with Gasteiger partial charge in [0.2, 0.25) is 0 Å². The van der Waals surface area contributed by atoms with E-state index in [2.05, 4.69) is 17.4 Å². The molecule has 0 heterocycles. The first-order valence-corrected chi connectivity index (χ1v) is 5.87. The molecule has 3 nitrogen and oxygen atoms in total. The highest BCUT2D eigenvalue weighted by molar-refractivity contribution is 5.41. The maximum absolute atomic E-state index is 12.7. The van der Waals surface area contributed by atoms with Crippen molar-refractivity contribution in [3.8, 4) is 5.75 Å². The van der Waals surface area contributed by atoms with Crippen LogP contribution < -0.4 is 15.6 Å². The summed E-state index contributed by atoms with van der Waals surface area (Å²) >= 11 is 0. The summed E-state index contributed by atoms with van der Waals surface area (Å²) in [5.41, 5.74) is 7.55. The zero-order chi connectivity index (χ0) is 13.5. The lowest BCUT2D eigenvalue weighted by atomic mass is 10.3. The number of ether oxygens (including phenoxy) is 1. The van der Waals surface area contributed by atoms with Gasteiger partial charge in [-0.15, -0.1) is 0 Å². The summed E-state index contributed by atoms with van der Waals surface area (Å²) in [6.45, 7) is 4.13. The Hall–Kier alpha value is -2.49. The number of hydrogen-bond acceptors (Lipinski definition) is 3. The zero-order valence-electron chi connectivity index (χ0n) is 10.4. The number of hydrogen-bond donors (Lipinski definition) is 2. The lowest BCUT2D eigenvalue weighted by molar-refractivity contribution is 0.344. The molecule has 0 aliphatic rings. The topological polar surface area (TPSA) is 33.3 Å². The minimum atomic E-state index is -0.282. The minimum Gasteiger partial charge on any atom is -0.487 e. The Labute approximate surface area is 111 Å². The predicted octanol–water partition coefficient (Wildman–Crippen LogP) is 3.33. The highest BCUT2D eigenvalue weighted by atomic mass is 19.1. The van der Waals surface area contributed by atoms with E-state index in [1.54, 1.807) is 12.1 Å². The number of anilines is 1. The summed E-state index contributed by atoms with van der Waals surface area (Å²) in [7, 11) is 0. The summed E-state index contributed by atoms with van der Waals surface area (Å²) in [6, 6.07) is 15.5. The van der Waals surface area contributed by atoms with Crippen molar-refractivity contribution < 1.29 is 9.13 Å². The van der Waals surface area contributed by atoms with Crippen LogP contribution in [0.2, 0.25) is 0 Å². The zero-order valence-corrected chi connectivity index (χ0v) is 10.4. The van der Waals surface area contributed by atoms with E-state index in [1.807, 2.05) is 30.3 Å². The van der Waals surface area contributed by atoms with Crippen molar-refractivity contribution in [1.82, 2.24) is 5.43 Å². The standard InChI is InChI=1S/C15H15FN2O/c1-12(17-18-14-5-3-2-4-6-14)11-19-15-9-7-13(16)8-10-15/h2-10,17-18H,1,11H2. The molecule has 2 rings (SSSR count). The van der Waals surface area contributed by atoms with Crippen LogP contribution in [0.15, 0.2) is 66.9 Å². The lowest BCUT2D eigenvalue weighted by Crippen LogP contribution is -2.23. The Bertz CT molecular complexity index is 526. The first-order chi connectivity index (χ1) is 9.24. The smallest absolute Gasteiger partial charge is 0.129 e. The van der Waals surface area contributed by atoms with Gasteiger partial charge in [0.1, 0.15) is 18.2 Å². The predicted molar refractivity (Wildman–Crippen MR) is 74.2 cm³/mol. The summed E-state index contributed by atoms with van der Waals surface area (Å²) < 4.78 is 18.1. The molecule has 2 aromatic carbocycles. The monoisotopic (exact) mass is 258 g/mol. The second-order valence-corrected chi connectivity index (χ2v) is 3.96. The lowest BCUT2D eigenvalue weighted by Gasteiger charge is -2.13. The van der Waals surface area contributed by atoms with Gasteiger partial charge in [-0.05, 0) is 36.4 Å². The van der Waals surface area contributed by atoms with E-state index in [9.17, 15) is 4.39 Å². The van der Waals surface area contributed by atoms with E-state index in [1.165, 1.54) is 12.1 Å². The van der Waals surface area contributed by atoms with Crippen LogP contribution in [0.25, 0.3) is 0 Å². The van der Waals surface area contributed by atoms with Crippen molar-refractivity contribution >= 4 is 5.69 Å². The molecule has 98 valence electrons. The summed E-state index contributed by atoms with van der Waals surface area (Å²) in [5.74, 6) is 0.319. The van der Waals surface area contributed by atoms with Gasteiger partial charge in [-0.1, -0.05) is 24.8 Å². The Kier molecular flexibility index (Phi) is 4.39. The normalized spacial score (nSPS) is 9.74. The molecule has 0 radical (unpaired) electrons. The molecule has 0 atom stereocenters. The van der Waals surface area contributed by atoms with Crippen molar-refractivity contribution in [2.24, 2.45) is 0 Å². The molecule has 19 heavy (non-hydrogen) atoms.